The molecule has 1 aliphatic heterocycles. The molecule has 0 unspecified atom stereocenters. The molecule has 30 heavy (non-hydrogen) atoms. The number of nitrogens with one attached hydrogen (secondary N) is 1. The van der Waals surface area contributed by atoms with E-state index in [-0.39, 0.29) is 18.2 Å². The summed E-state index contributed by atoms with van der Waals surface area (Å²) >= 11 is 9.04. The first kappa shape index (κ1) is 20.8. The zero-order valence-electron chi connectivity index (χ0n) is 16.0. The summed E-state index contributed by atoms with van der Waals surface area (Å²) in [5.74, 6) is 0.194. The van der Waals surface area contributed by atoms with Gasteiger partial charge in [0.2, 0.25) is 11.8 Å². The van der Waals surface area contributed by atoms with Gasteiger partial charge in [-0.1, -0.05) is 23.7 Å². The van der Waals surface area contributed by atoms with E-state index < -0.39 is 0 Å². The quantitative estimate of drug-likeness (QED) is 0.598. The number of nitrogens with zero attached hydrogens (tertiary/aromatic N) is 4. The fourth-order valence-electron chi connectivity index (χ4n) is 2.98. The molecule has 10 heteroatoms. The summed E-state index contributed by atoms with van der Waals surface area (Å²) in [6.45, 7) is 0.314. The third kappa shape index (κ3) is 4.63. The number of anilines is 2. The lowest BCUT2D eigenvalue weighted by Gasteiger charge is -2.28. The number of aryl methyl sites for hydroxylation is 1. The van der Waals surface area contributed by atoms with E-state index in [1.807, 2.05) is 37.4 Å². The van der Waals surface area contributed by atoms with E-state index >= 15 is 0 Å². The van der Waals surface area contributed by atoms with Crippen molar-refractivity contribution in [1.29, 1.82) is 0 Å². The Balaban J connectivity index is 1.45. The van der Waals surface area contributed by atoms with E-state index in [0.29, 0.717) is 28.2 Å². The third-order valence-electron chi connectivity index (χ3n) is 4.46. The van der Waals surface area contributed by atoms with Crippen molar-refractivity contribution in [3.8, 4) is 0 Å². The van der Waals surface area contributed by atoms with Crippen LogP contribution in [0.1, 0.15) is 6.42 Å². The van der Waals surface area contributed by atoms with Crippen molar-refractivity contribution in [2.45, 2.75) is 21.4 Å². The van der Waals surface area contributed by atoms with Gasteiger partial charge in [-0.25, -0.2) is 0 Å². The van der Waals surface area contributed by atoms with Gasteiger partial charge in [-0.05, 0) is 42.1 Å². The smallest absolute Gasteiger partial charge is 0.237 e. The van der Waals surface area contributed by atoms with Crippen LogP contribution in [0.4, 0.5) is 11.4 Å². The molecule has 2 amide bonds. The average molecular weight is 460 g/mol. The van der Waals surface area contributed by atoms with Gasteiger partial charge in [0, 0.05) is 34.8 Å². The number of amides is 2. The van der Waals surface area contributed by atoms with Gasteiger partial charge in [-0.2, -0.15) is 0 Å². The number of hydrogen-bond acceptors (Lipinski definition) is 6. The van der Waals surface area contributed by atoms with Crippen LogP contribution in [-0.4, -0.2) is 38.9 Å². The zero-order chi connectivity index (χ0) is 21.1. The number of benzene rings is 2. The Morgan fingerprint density at radius 3 is 2.93 bits per heavy atom. The molecule has 0 saturated carbocycles. The predicted octanol–water partition coefficient (Wildman–Crippen LogP) is 4.09. The van der Waals surface area contributed by atoms with E-state index in [1.54, 1.807) is 27.9 Å². The summed E-state index contributed by atoms with van der Waals surface area (Å²) in [5, 5.41) is 12.1. The molecule has 1 aromatic heterocycles. The Bertz CT molecular complexity index is 1100. The number of thioether (sulfide) groups is 1. The Labute approximate surface area is 187 Å². The van der Waals surface area contributed by atoms with E-state index in [4.69, 9.17) is 11.6 Å². The molecule has 1 aliphatic rings. The summed E-state index contributed by atoms with van der Waals surface area (Å²) in [6.07, 6.45) is 1.79. The molecule has 4 rings (SSSR count). The Hall–Kier alpha value is -2.49. The van der Waals surface area contributed by atoms with Crippen LogP contribution in [-0.2, 0) is 16.6 Å². The average Bonchev–Trinajstić information content (AvgIpc) is 3.13. The van der Waals surface area contributed by atoms with Gasteiger partial charge in [0.15, 0.2) is 5.16 Å². The molecule has 0 bridgehead atoms. The van der Waals surface area contributed by atoms with Crippen LogP contribution in [0.3, 0.4) is 0 Å². The standard InChI is InChI=1S/C20H18ClN5O2S2/c1-25-12-22-24-20(25)30-16-7-6-13(21)10-14(16)23-18(27)8-9-26-15-4-2-3-5-17(15)29-11-19(26)28/h2-7,10,12H,8-9,11H2,1H3,(H,23,27). The maximum Gasteiger partial charge on any atom is 0.237 e. The third-order valence-corrected chi connectivity index (χ3v) is 6.87. The molecule has 0 spiro atoms. The van der Waals surface area contributed by atoms with Gasteiger partial charge in [-0.15, -0.1) is 22.0 Å². The molecule has 0 atom stereocenters. The molecule has 0 saturated heterocycles. The summed E-state index contributed by atoms with van der Waals surface area (Å²) < 4.78 is 1.79. The Morgan fingerprint density at radius 1 is 1.30 bits per heavy atom. The lowest BCUT2D eigenvalue weighted by atomic mass is 10.2. The van der Waals surface area contributed by atoms with Gasteiger partial charge >= 0.3 is 0 Å². The molecule has 154 valence electrons. The highest BCUT2D eigenvalue weighted by atomic mass is 35.5. The summed E-state index contributed by atoms with van der Waals surface area (Å²) in [7, 11) is 1.85. The zero-order valence-corrected chi connectivity index (χ0v) is 18.4. The second-order valence-corrected chi connectivity index (χ2v) is 9.03. The van der Waals surface area contributed by atoms with E-state index in [1.165, 1.54) is 23.5 Å². The largest absolute Gasteiger partial charge is 0.325 e. The fourth-order valence-corrected chi connectivity index (χ4v) is 4.92. The first-order valence-corrected chi connectivity index (χ1v) is 11.3. The monoisotopic (exact) mass is 459 g/mol. The van der Waals surface area contributed by atoms with E-state index in [0.717, 1.165) is 15.5 Å². The number of carbonyl (C=O) groups is 2. The topological polar surface area (TPSA) is 80.1 Å². The second-order valence-electron chi connectivity index (χ2n) is 6.57. The van der Waals surface area contributed by atoms with Crippen LogP contribution >= 0.6 is 35.1 Å². The van der Waals surface area contributed by atoms with Gasteiger partial charge in [0.25, 0.3) is 0 Å². The minimum absolute atomic E-state index is 0.00721. The molecule has 0 radical (unpaired) electrons. The van der Waals surface area contributed by atoms with Crippen molar-refractivity contribution >= 4 is 58.3 Å². The number of rotatable bonds is 6. The molecular weight excluding hydrogens is 442 g/mol. The van der Waals surface area contributed by atoms with Gasteiger partial charge in [0.1, 0.15) is 6.33 Å². The number of hydrogen-bond donors (Lipinski definition) is 1. The van der Waals surface area contributed by atoms with Crippen molar-refractivity contribution in [2.75, 3.05) is 22.5 Å². The van der Waals surface area contributed by atoms with Crippen LogP contribution in [0, 0.1) is 0 Å². The minimum atomic E-state index is -0.194. The molecule has 0 aliphatic carbocycles. The first-order chi connectivity index (χ1) is 14.5. The van der Waals surface area contributed by atoms with Gasteiger partial charge < -0.3 is 14.8 Å². The molecule has 7 nitrogen and oxygen atoms in total. The molecule has 2 heterocycles. The van der Waals surface area contributed by atoms with E-state index in [2.05, 4.69) is 15.5 Å². The fraction of sp³-hybridized carbons (Fsp3) is 0.200. The van der Waals surface area contributed by atoms with Crippen LogP contribution in [0.15, 0.2) is 63.7 Å². The Morgan fingerprint density at radius 2 is 2.13 bits per heavy atom. The summed E-state index contributed by atoms with van der Waals surface area (Å²) in [6, 6.07) is 13.0. The maximum absolute atomic E-state index is 12.7. The highest BCUT2D eigenvalue weighted by Gasteiger charge is 2.24. The van der Waals surface area contributed by atoms with E-state index in [9.17, 15) is 9.59 Å². The number of carbonyl (C=O) groups excluding carboxylic acids is 2. The van der Waals surface area contributed by atoms with Gasteiger partial charge in [-0.3, -0.25) is 9.59 Å². The molecule has 0 fully saturated rings. The highest BCUT2D eigenvalue weighted by molar-refractivity contribution is 8.00. The van der Waals surface area contributed by atoms with Crippen LogP contribution < -0.4 is 10.2 Å². The molecule has 2 aromatic carbocycles. The number of para-hydroxylation sites is 1. The SMILES string of the molecule is Cn1cnnc1Sc1ccc(Cl)cc1NC(=O)CCN1C(=O)CSc2ccccc21. The molecule has 1 N–H and O–H groups in total. The van der Waals surface area contributed by atoms with Crippen LogP contribution in [0.25, 0.3) is 0 Å². The first-order valence-electron chi connectivity index (χ1n) is 9.15. The number of aromatic nitrogens is 3. The molecule has 3 aromatic rings. The second kappa shape index (κ2) is 9.11. The Kier molecular flexibility index (Phi) is 6.31. The minimum Gasteiger partial charge on any atom is -0.325 e. The lowest BCUT2D eigenvalue weighted by molar-refractivity contribution is -0.117. The number of fused-ring (bicyclic) bond motifs is 1. The van der Waals surface area contributed by atoms with Crippen molar-refractivity contribution in [3.05, 3.63) is 53.8 Å². The van der Waals surface area contributed by atoms with Crippen molar-refractivity contribution in [1.82, 2.24) is 14.8 Å². The highest BCUT2D eigenvalue weighted by Crippen LogP contribution is 2.36. The lowest BCUT2D eigenvalue weighted by Crippen LogP contribution is -2.37. The maximum atomic E-state index is 12.7. The number of halogens is 1. The normalized spacial score (nSPS) is 13.3. The van der Waals surface area contributed by atoms with Crippen LogP contribution in [0.5, 0.6) is 0 Å². The van der Waals surface area contributed by atoms with Crippen molar-refractivity contribution < 1.29 is 9.59 Å². The van der Waals surface area contributed by atoms with Crippen molar-refractivity contribution in [2.24, 2.45) is 7.05 Å². The van der Waals surface area contributed by atoms with Crippen LogP contribution in [0.2, 0.25) is 5.02 Å². The predicted molar refractivity (Wildman–Crippen MR) is 119 cm³/mol. The molecular formula is C20H18ClN5O2S2. The van der Waals surface area contributed by atoms with Gasteiger partial charge in [0.05, 0.1) is 17.1 Å². The summed E-state index contributed by atoms with van der Waals surface area (Å²) in [5.41, 5.74) is 1.45. The summed E-state index contributed by atoms with van der Waals surface area (Å²) in [4.78, 5) is 28.6. The van der Waals surface area contributed by atoms with Crippen molar-refractivity contribution in [3.63, 3.8) is 0 Å².